The molecule has 2 saturated heterocycles. The second-order valence-corrected chi connectivity index (χ2v) is 14.0. The molecule has 1 saturated carbocycles. The first-order chi connectivity index (χ1) is 22.1. The molecule has 7 rings (SSSR count). The van der Waals surface area contributed by atoms with E-state index >= 15 is 0 Å². The largest absolute Gasteiger partial charge is 0.491 e. The summed E-state index contributed by atoms with van der Waals surface area (Å²) >= 11 is 8.25. The first-order valence-electron chi connectivity index (χ1n) is 15.1. The van der Waals surface area contributed by atoms with Crippen LogP contribution in [-0.2, 0) is 19.2 Å². The van der Waals surface area contributed by atoms with Crippen LogP contribution < -0.4 is 14.5 Å². The molecule has 6 unspecified atom stereocenters. The van der Waals surface area contributed by atoms with E-state index in [-0.39, 0.29) is 42.2 Å². The SMILES string of the molecule is CC12C(=O)N(c3ccc(F)c(Cl)c3)C(=O)C1CC1C(=CCC3C(=O)N(c4ccc(I)cc4)C(=O)C31)C2c1ccc(OCCO)cc1. The van der Waals surface area contributed by atoms with E-state index in [2.05, 4.69) is 22.6 Å². The van der Waals surface area contributed by atoms with Gasteiger partial charge in [-0.05, 0) is 108 Å². The highest BCUT2D eigenvalue weighted by molar-refractivity contribution is 14.1. The van der Waals surface area contributed by atoms with Gasteiger partial charge in [-0.2, -0.15) is 0 Å². The van der Waals surface area contributed by atoms with Gasteiger partial charge in [0.1, 0.15) is 18.2 Å². The van der Waals surface area contributed by atoms with Crippen LogP contribution in [0, 0.1) is 38.5 Å². The van der Waals surface area contributed by atoms with E-state index < -0.39 is 52.6 Å². The van der Waals surface area contributed by atoms with Crippen molar-refractivity contribution in [3.63, 3.8) is 0 Å². The van der Waals surface area contributed by atoms with Gasteiger partial charge in [0.05, 0.1) is 46.2 Å². The van der Waals surface area contributed by atoms with Crippen LogP contribution in [0.15, 0.2) is 78.4 Å². The summed E-state index contributed by atoms with van der Waals surface area (Å²) < 4.78 is 20.6. The summed E-state index contributed by atoms with van der Waals surface area (Å²) in [6.45, 7) is 1.76. The average Bonchev–Trinajstić information content (AvgIpc) is 3.41. The van der Waals surface area contributed by atoms with Crippen LogP contribution in [0.25, 0.3) is 0 Å². The first kappa shape index (κ1) is 31.0. The third kappa shape index (κ3) is 4.63. The van der Waals surface area contributed by atoms with E-state index in [0.29, 0.717) is 17.9 Å². The average molecular weight is 755 g/mol. The van der Waals surface area contributed by atoms with Crippen molar-refractivity contribution in [2.24, 2.45) is 29.1 Å². The van der Waals surface area contributed by atoms with Crippen molar-refractivity contribution in [1.82, 2.24) is 0 Å². The van der Waals surface area contributed by atoms with Gasteiger partial charge in [-0.3, -0.25) is 24.1 Å². The van der Waals surface area contributed by atoms with Crippen LogP contribution in [0.3, 0.4) is 0 Å². The Balaban J connectivity index is 1.34. The van der Waals surface area contributed by atoms with Crippen molar-refractivity contribution in [3.05, 3.63) is 98.4 Å². The second-order valence-electron chi connectivity index (χ2n) is 12.4. The number of ether oxygens (including phenoxy) is 1. The molecular formula is C35H29ClFIN2O6. The van der Waals surface area contributed by atoms with Gasteiger partial charge >= 0.3 is 0 Å². The predicted octanol–water partition coefficient (Wildman–Crippen LogP) is 5.89. The maximum atomic E-state index is 14.5. The zero-order valence-corrected chi connectivity index (χ0v) is 27.6. The van der Waals surface area contributed by atoms with E-state index in [1.807, 2.05) is 30.3 Å². The Morgan fingerprint density at radius 3 is 2.30 bits per heavy atom. The fraction of sp³-hybridized carbons (Fsp3) is 0.314. The Morgan fingerprint density at radius 2 is 1.63 bits per heavy atom. The van der Waals surface area contributed by atoms with Crippen LogP contribution in [0.2, 0.25) is 5.02 Å². The minimum atomic E-state index is -1.25. The van der Waals surface area contributed by atoms with E-state index in [1.54, 1.807) is 31.2 Å². The van der Waals surface area contributed by atoms with Crippen molar-refractivity contribution >= 4 is 69.2 Å². The van der Waals surface area contributed by atoms with Gasteiger partial charge in [-0.25, -0.2) is 9.29 Å². The highest BCUT2D eigenvalue weighted by Gasteiger charge is 2.67. The smallest absolute Gasteiger partial charge is 0.241 e. The van der Waals surface area contributed by atoms with Crippen LogP contribution in [0.1, 0.15) is 31.2 Å². The molecule has 0 spiro atoms. The number of hydrogen-bond acceptors (Lipinski definition) is 6. The molecule has 0 bridgehead atoms. The number of amides is 4. The van der Waals surface area contributed by atoms with Crippen LogP contribution in [-0.4, -0.2) is 41.9 Å². The quantitative estimate of drug-likeness (QED) is 0.191. The minimum absolute atomic E-state index is 0.119. The predicted molar refractivity (Wildman–Crippen MR) is 177 cm³/mol. The molecule has 2 heterocycles. The van der Waals surface area contributed by atoms with Gasteiger partial charge in [0.15, 0.2) is 0 Å². The molecule has 1 N–H and O–H groups in total. The molecule has 4 amide bonds. The number of halogens is 3. The molecule has 3 fully saturated rings. The molecule has 4 aliphatic rings. The molecule has 3 aromatic rings. The zero-order valence-electron chi connectivity index (χ0n) is 24.7. The molecule has 3 aromatic carbocycles. The summed E-state index contributed by atoms with van der Waals surface area (Å²) in [6, 6.07) is 18.1. The van der Waals surface area contributed by atoms with Crippen LogP contribution in [0.5, 0.6) is 5.75 Å². The molecule has 236 valence electrons. The molecule has 2 aliphatic heterocycles. The van der Waals surface area contributed by atoms with Gasteiger partial charge in [0, 0.05) is 9.49 Å². The molecule has 8 nitrogen and oxygen atoms in total. The third-order valence-electron chi connectivity index (χ3n) is 10.1. The van der Waals surface area contributed by atoms with Gasteiger partial charge < -0.3 is 9.84 Å². The first-order valence-corrected chi connectivity index (χ1v) is 16.5. The summed E-state index contributed by atoms with van der Waals surface area (Å²) in [6.07, 6.45) is 2.52. The van der Waals surface area contributed by atoms with Crippen molar-refractivity contribution in [1.29, 1.82) is 0 Å². The number of carbonyl (C=O) groups excluding carboxylic acids is 4. The molecule has 2 aliphatic carbocycles. The maximum absolute atomic E-state index is 14.5. The Kier molecular flexibility index (Phi) is 7.80. The number of aliphatic hydroxyl groups is 1. The summed E-state index contributed by atoms with van der Waals surface area (Å²) in [7, 11) is 0. The molecule has 46 heavy (non-hydrogen) atoms. The zero-order chi connectivity index (χ0) is 32.5. The lowest BCUT2D eigenvalue weighted by atomic mass is 9.51. The number of carbonyl (C=O) groups is 4. The molecule has 11 heteroatoms. The number of imide groups is 2. The summed E-state index contributed by atoms with van der Waals surface area (Å²) in [5.41, 5.74) is 1.05. The molecule has 0 aromatic heterocycles. The number of rotatable bonds is 6. The van der Waals surface area contributed by atoms with Crippen LogP contribution in [0.4, 0.5) is 15.8 Å². The van der Waals surface area contributed by atoms with E-state index in [0.717, 1.165) is 25.7 Å². The van der Waals surface area contributed by atoms with Gasteiger partial charge in [0.2, 0.25) is 23.6 Å². The number of allylic oxidation sites excluding steroid dienone is 2. The maximum Gasteiger partial charge on any atom is 0.241 e. The third-order valence-corrected chi connectivity index (χ3v) is 11.1. The molecule has 0 radical (unpaired) electrons. The number of hydrogen-bond donors (Lipinski definition) is 1. The monoisotopic (exact) mass is 754 g/mol. The molecule has 6 atom stereocenters. The topological polar surface area (TPSA) is 104 Å². The number of anilines is 2. The fourth-order valence-corrected chi connectivity index (χ4v) is 8.56. The summed E-state index contributed by atoms with van der Waals surface area (Å²) in [4.78, 5) is 59.1. The molecular weight excluding hydrogens is 726 g/mol. The number of benzene rings is 3. The number of fused-ring (bicyclic) bond motifs is 4. The highest BCUT2D eigenvalue weighted by atomic mass is 127. The van der Waals surface area contributed by atoms with E-state index in [9.17, 15) is 28.7 Å². The van der Waals surface area contributed by atoms with Gasteiger partial charge in [-0.1, -0.05) is 35.4 Å². The second kappa shape index (κ2) is 11.6. The Bertz CT molecular complexity index is 1810. The minimum Gasteiger partial charge on any atom is -0.491 e. The number of nitrogens with zero attached hydrogens (tertiary/aromatic N) is 2. The van der Waals surface area contributed by atoms with Crippen molar-refractivity contribution < 1.29 is 33.4 Å². The van der Waals surface area contributed by atoms with Gasteiger partial charge in [0.25, 0.3) is 0 Å². The standard InChI is InChI=1S/C35H29ClFIN2O6/c1-35-26(32(43)40(34(35)45)21-8-13-28(37)27(36)16-21)17-25-23(30(35)18-2-9-22(10-3-18)46-15-14-41)11-12-24-29(25)33(44)39(31(24)42)20-6-4-19(38)5-7-20/h2-11,13,16,24-26,29-30,41H,12,14-15,17H2,1H3. The summed E-state index contributed by atoms with van der Waals surface area (Å²) in [5.74, 6) is -4.76. The van der Waals surface area contributed by atoms with E-state index in [1.165, 1.54) is 17.0 Å². The number of aliphatic hydroxyl groups excluding tert-OH is 1. The van der Waals surface area contributed by atoms with E-state index in [4.69, 9.17) is 16.3 Å². The fourth-order valence-electron chi connectivity index (χ4n) is 8.03. The lowest BCUT2D eigenvalue weighted by Gasteiger charge is -2.49. The van der Waals surface area contributed by atoms with Crippen molar-refractivity contribution in [3.8, 4) is 5.75 Å². The highest BCUT2D eigenvalue weighted by Crippen LogP contribution is 2.63. The van der Waals surface area contributed by atoms with Crippen molar-refractivity contribution in [2.45, 2.75) is 25.7 Å². The Labute approximate surface area is 283 Å². The normalized spacial score (nSPS) is 28.6. The Hall–Kier alpha value is -3.61. The van der Waals surface area contributed by atoms with Gasteiger partial charge in [-0.15, -0.1) is 0 Å². The lowest BCUT2D eigenvalue weighted by molar-refractivity contribution is -0.131. The lowest BCUT2D eigenvalue weighted by Crippen LogP contribution is -2.48. The van der Waals surface area contributed by atoms with Crippen molar-refractivity contribution in [2.75, 3.05) is 23.0 Å². The Morgan fingerprint density at radius 1 is 0.935 bits per heavy atom. The van der Waals surface area contributed by atoms with Crippen LogP contribution >= 0.6 is 34.2 Å². The summed E-state index contributed by atoms with van der Waals surface area (Å²) in [5, 5.41) is 8.97.